The predicted octanol–water partition coefficient (Wildman–Crippen LogP) is 3.96. The van der Waals surface area contributed by atoms with E-state index in [1.165, 1.54) is 0 Å². The van der Waals surface area contributed by atoms with Crippen molar-refractivity contribution in [2.24, 2.45) is 5.92 Å². The highest BCUT2D eigenvalue weighted by Gasteiger charge is 2.41. The monoisotopic (exact) mass is 441 g/mol. The molecule has 2 heterocycles. The lowest BCUT2D eigenvalue weighted by Gasteiger charge is -2.40. The number of piperidine rings is 1. The van der Waals surface area contributed by atoms with Gasteiger partial charge in [-0.15, -0.1) is 11.3 Å². The van der Waals surface area contributed by atoms with Gasteiger partial charge in [-0.05, 0) is 50.3 Å². The fourth-order valence-corrected chi connectivity index (χ4v) is 4.72. The largest absolute Gasteiger partial charge is 0.355 e. The molecule has 0 radical (unpaired) electrons. The SMILES string of the molecule is CCC(C)NC(=O)CCNC(=O)C1CCC(=O)N(c2ccc(C)cc2)C1c1cccs1. The summed E-state index contributed by atoms with van der Waals surface area (Å²) in [5.74, 6) is -0.515. The number of nitrogens with zero attached hydrogens (tertiary/aromatic N) is 1. The molecule has 0 spiro atoms. The third-order valence-corrected chi connectivity index (χ3v) is 6.69. The number of amides is 3. The maximum atomic E-state index is 13.1. The molecule has 0 bridgehead atoms. The molecular formula is C24H31N3O3S. The van der Waals surface area contributed by atoms with Gasteiger partial charge in [-0.3, -0.25) is 14.4 Å². The minimum absolute atomic E-state index is 0.0271. The van der Waals surface area contributed by atoms with Crippen LogP contribution in [0.15, 0.2) is 41.8 Å². The first-order chi connectivity index (χ1) is 14.9. The zero-order valence-corrected chi connectivity index (χ0v) is 19.2. The average Bonchev–Trinajstić information content (AvgIpc) is 3.28. The summed E-state index contributed by atoms with van der Waals surface area (Å²) in [4.78, 5) is 40.8. The number of benzene rings is 1. The van der Waals surface area contributed by atoms with Gasteiger partial charge in [0, 0.05) is 36.0 Å². The summed E-state index contributed by atoms with van der Waals surface area (Å²) < 4.78 is 0. The third kappa shape index (κ3) is 5.73. The molecule has 1 aromatic heterocycles. The first kappa shape index (κ1) is 23.0. The molecule has 3 rings (SSSR count). The quantitative estimate of drug-likeness (QED) is 0.651. The maximum Gasteiger partial charge on any atom is 0.227 e. The van der Waals surface area contributed by atoms with E-state index in [4.69, 9.17) is 0 Å². The van der Waals surface area contributed by atoms with Crippen molar-refractivity contribution in [1.82, 2.24) is 10.6 Å². The second-order valence-corrected chi connectivity index (χ2v) is 9.10. The van der Waals surface area contributed by atoms with E-state index in [9.17, 15) is 14.4 Å². The Morgan fingerprint density at radius 1 is 1.23 bits per heavy atom. The van der Waals surface area contributed by atoms with Crippen molar-refractivity contribution in [1.29, 1.82) is 0 Å². The minimum Gasteiger partial charge on any atom is -0.355 e. The number of hydrogen-bond donors (Lipinski definition) is 2. The lowest BCUT2D eigenvalue weighted by atomic mass is 9.86. The van der Waals surface area contributed by atoms with E-state index >= 15 is 0 Å². The minimum atomic E-state index is -0.365. The molecule has 3 atom stereocenters. The van der Waals surface area contributed by atoms with Crippen molar-refractivity contribution in [2.45, 2.75) is 58.5 Å². The third-order valence-electron chi connectivity index (χ3n) is 5.75. The molecule has 1 aromatic carbocycles. The van der Waals surface area contributed by atoms with E-state index in [1.807, 2.05) is 62.5 Å². The van der Waals surface area contributed by atoms with E-state index in [0.29, 0.717) is 12.8 Å². The Kier molecular flexibility index (Phi) is 7.85. The van der Waals surface area contributed by atoms with Crippen molar-refractivity contribution in [3.63, 3.8) is 0 Å². The van der Waals surface area contributed by atoms with Gasteiger partial charge in [0.05, 0.1) is 12.0 Å². The van der Waals surface area contributed by atoms with Crippen molar-refractivity contribution < 1.29 is 14.4 Å². The van der Waals surface area contributed by atoms with Crippen LogP contribution in [0.3, 0.4) is 0 Å². The predicted molar refractivity (Wildman–Crippen MR) is 124 cm³/mol. The molecule has 31 heavy (non-hydrogen) atoms. The van der Waals surface area contributed by atoms with Gasteiger partial charge in [0.2, 0.25) is 17.7 Å². The molecule has 3 amide bonds. The van der Waals surface area contributed by atoms with E-state index in [-0.39, 0.29) is 48.7 Å². The Hall–Kier alpha value is -2.67. The highest BCUT2D eigenvalue weighted by molar-refractivity contribution is 7.10. The molecule has 2 aromatic rings. The second kappa shape index (κ2) is 10.6. The summed E-state index contributed by atoms with van der Waals surface area (Å²) >= 11 is 1.55. The molecule has 7 heteroatoms. The van der Waals surface area contributed by atoms with E-state index in [0.717, 1.165) is 22.5 Å². The molecule has 166 valence electrons. The molecule has 0 aliphatic carbocycles. The summed E-state index contributed by atoms with van der Waals surface area (Å²) in [7, 11) is 0. The first-order valence-electron chi connectivity index (χ1n) is 10.9. The molecule has 0 saturated carbocycles. The Morgan fingerprint density at radius 2 is 1.97 bits per heavy atom. The number of carbonyl (C=O) groups is 3. The molecule has 1 aliphatic rings. The molecule has 6 nitrogen and oxygen atoms in total. The Balaban J connectivity index is 1.75. The van der Waals surface area contributed by atoms with Crippen LogP contribution in [0, 0.1) is 12.8 Å². The van der Waals surface area contributed by atoms with Gasteiger partial charge in [-0.25, -0.2) is 0 Å². The number of rotatable bonds is 8. The van der Waals surface area contributed by atoms with Crippen LogP contribution in [0.1, 0.15) is 56.0 Å². The van der Waals surface area contributed by atoms with Gasteiger partial charge >= 0.3 is 0 Å². The lowest BCUT2D eigenvalue weighted by molar-refractivity contribution is -0.129. The fourth-order valence-electron chi connectivity index (χ4n) is 3.84. The van der Waals surface area contributed by atoms with Crippen molar-refractivity contribution in [2.75, 3.05) is 11.4 Å². The van der Waals surface area contributed by atoms with Crippen LogP contribution in [-0.2, 0) is 14.4 Å². The molecule has 1 saturated heterocycles. The number of thiophene rings is 1. The number of carbonyl (C=O) groups excluding carboxylic acids is 3. The summed E-state index contributed by atoms with van der Waals surface area (Å²) in [6.45, 7) is 6.27. The van der Waals surface area contributed by atoms with Crippen molar-refractivity contribution in [3.8, 4) is 0 Å². The molecule has 2 N–H and O–H groups in total. The van der Waals surface area contributed by atoms with E-state index in [1.54, 1.807) is 16.2 Å². The summed E-state index contributed by atoms with van der Waals surface area (Å²) in [6, 6.07) is 11.5. The summed E-state index contributed by atoms with van der Waals surface area (Å²) in [5, 5.41) is 7.81. The standard InChI is InChI=1S/C24H31N3O3S/c1-4-17(3)26-21(28)13-14-25-24(30)19-11-12-22(29)27(18-9-7-16(2)8-10-18)23(19)20-6-5-15-31-20/h5-10,15,17,19,23H,4,11-14H2,1-3H3,(H,25,30)(H,26,28). The smallest absolute Gasteiger partial charge is 0.227 e. The van der Waals surface area contributed by atoms with Gasteiger partial charge in [0.15, 0.2) is 0 Å². The molecule has 1 aliphatic heterocycles. The Bertz CT molecular complexity index is 895. The molecular weight excluding hydrogens is 410 g/mol. The number of anilines is 1. The lowest BCUT2D eigenvalue weighted by Crippen LogP contribution is -2.48. The summed E-state index contributed by atoms with van der Waals surface area (Å²) in [5.41, 5.74) is 1.92. The second-order valence-electron chi connectivity index (χ2n) is 8.12. The van der Waals surface area contributed by atoms with Crippen molar-refractivity contribution in [3.05, 3.63) is 52.2 Å². The highest BCUT2D eigenvalue weighted by Crippen LogP contribution is 2.41. The van der Waals surface area contributed by atoms with E-state index in [2.05, 4.69) is 10.6 Å². The van der Waals surface area contributed by atoms with Gasteiger partial charge < -0.3 is 15.5 Å². The van der Waals surface area contributed by atoms with Crippen LogP contribution in [0.5, 0.6) is 0 Å². The average molecular weight is 442 g/mol. The maximum absolute atomic E-state index is 13.1. The van der Waals surface area contributed by atoms with Crippen molar-refractivity contribution >= 4 is 34.7 Å². The highest BCUT2D eigenvalue weighted by atomic mass is 32.1. The number of nitrogens with one attached hydrogen (secondary N) is 2. The van der Waals surface area contributed by atoms with Crippen LogP contribution >= 0.6 is 11.3 Å². The zero-order chi connectivity index (χ0) is 22.4. The fraction of sp³-hybridized carbons (Fsp3) is 0.458. The van der Waals surface area contributed by atoms with Gasteiger partial charge in [0.1, 0.15) is 0 Å². The van der Waals surface area contributed by atoms with Crippen LogP contribution in [0.4, 0.5) is 5.69 Å². The summed E-state index contributed by atoms with van der Waals surface area (Å²) in [6.07, 6.45) is 1.93. The number of hydrogen-bond acceptors (Lipinski definition) is 4. The van der Waals surface area contributed by atoms with Crippen LogP contribution < -0.4 is 15.5 Å². The topological polar surface area (TPSA) is 78.5 Å². The van der Waals surface area contributed by atoms with Gasteiger partial charge in [-0.2, -0.15) is 0 Å². The normalized spacial score (nSPS) is 19.7. The molecule has 3 unspecified atom stereocenters. The van der Waals surface area contributed by atoms with Crippen LogP contribution in [0.2, 0.25) is 0 Å². The zero-order valence-electron chi connectivity index (χ0n) is 18.4. The molecule has 1 fully saturated rings. The van der Waals surface area contributed by atoms with Gasteiger partial charge in [-0.1, -0.05) is 30.7 Å². The van der Waals surface area contributed by atoms with Gasteiger partial charge in [0.25, 0.3) is 0 Å². The van der Waals surface area contributed by atoms with E-state index < -0.39 is 0 Å². The number of aryl methyl sites for hydroxylation is 1. The Labute approximate surface area is 188 Å². The first-order valence-corrected chi connectivity index (χ1v) is 11.8. The Morgan fingerprint density at radius 3 is 2.61 bits per heavy atom. The van der Waals surface area contributed by atoms with Crippen LogP contribution in [-0.4, -0.2) is 30.3 Å². The van der Waals surface area contributed by atoms with Crippen LogP contribution in [0.25, 0.3) is 0 Å².